The van der Waals surface area contributed by atoms with E-state index in [-0.39, 0.29) is 0 Å². The molecule has 0 saturated carbocycles. The topological polar surface area (TPSA) is 183 Å². The predicted molar refractivity (Wildman–Crippen MR) is 62.4 cm³/mol. The van der Waals surface area contributed by atoms with Crippen LogP contribution in [0.15, 0.2) is 18.3 Å². The molecule has 0 radical (unpaired) electrons. The van der Waals surface area contributed by atoms with Gasteiger partial charge in [-0.25, -0.2) is 4.98 Å². The molecule has 5 N–H and O–H groups in total. The lowest BCUT2D eigenvalue weighted by Gasteiger charge is -2.20. The van der Waals surface area contributed by atoms with E-state index in [1.807, 2.05) is 0 Å². The molecule has 0 spiro atoms. The molecule has 0 bridgehead atoms. The number of hydrogen-bond donors (Lipinski definition) is 5. The molecule has 106 valence electrons. The Hall–Kier alpha value is -1.35. The summed E-state index contributed by atoms with van der Waals surface area (Å²) < 4.78 is 22.0. The molecular weight excluding hydrogens is 304 g/mol. The fourth-order valence-electron chi connectivity index (χ4n) is 1.14. The number of hydrogen-bond acceptors (Lipinski definition) is 6. The van der Waals surface area contributed by atoms with Gasteiger partial charge >= 0.3 is 20.9 Å². The van der Waals surface area contributed by atoms with Crippen molar-refractivity contribution in [3.63, 3.8) is 0 Å². The van der Waals surface area contributed by atoms with Crippen molar-refractivity contribution < 1.29 is 33.6 Å². The predicted octanol–water partition coefficient (Wildman–Crippen LogP) is 0.0407. The zero-order valence-corrected chi connectivity index (χ0v) is 10.8. The van der Waals surface area contributed by atoms with Crippen LogP contribution in [-0.4, -0.2) is 35.0 Å². The summed E-state index contributed by atoms with van der Waals surface area (Å²) in [4.78, 5) is 48.6. The second kappa shape index (κ2) is 5.33. The maximum absolute atomic E-state index is 11.0. The van der Waals surface area contributed by atoms with Crippen LogP contribution in [0.4, 0.5) is 11.5 Å². The number of aromatic nitrogens is 1. The Morgan fingerprint density at radius 3 is 2.21 bits per heavy atom. The van der Waals surface area contributed by atoms with Crippen LogP contribution in [0.25, 0.3) is 0 Å². The van der Waals surface area contributed by atoms with E-state index >= 15 is 0 Å². The van der Waals surface area contributed by atoms with Crippen LogP contribution in [0.3, 0.4) is 0 Å². The third kappa shape index (κ3) is 4.06. The quantitative estimate of drug-likeness (QED) is 0.282. The lowest BCUT2D eigenvalue weighted by Crippen LogP contribution is -2.21. The van der Waals surface area contributed by atoms with Crippen molar-refractivity contribution in [1.82, 2.24) is 4.98 Å². The van der Waals surface area contributed by atoms with Crippen LogP contribution in [0.1, 0.15) is 0 Å². The number of pyridine rings is 1. The van der Waals surface area contributed by atoms with Crippen molar-refractivity contribution in [3.05, 3.63) is 28.4 Å². The highest BCUT2D eigenvalue weighted by Crippen LogP contribution is 2.59. The first-order valence-electron chi connectivity index (χ1n) is 4.50. The molecule has 0 atom stereocenters. The van der Waals surface area contributed by atoms with Crippen LogP contribution in [-0.2, 0) is 9.13 Å². The maximum Gasteiger partial charge on any atom is 0.360 e. The summed E-state index contributed by atoms with van der Waals surface area (Å²) in [5.41, 5.74) is -3.28. The minimum atomic E-state index is -5.25. The zero-order chi connectivity index (χ0) is 14.8. The highest BCUT2D eigenvalue weighted by molar-refractivity contribution is 7.71. The molecule has 1 rings (SSSR count). The first-order valence-corrected chi connectivity index (χ1v) is 7.86. The summed E-state index contributed by atoms with van der Waals surface area (Å²) in [6.07, 6.45) is 1.06. The third-order valence-electron chi connectivity index (χ3n) is 1.89. The van der Waals surface area contributed by atoms with Crippen molar-refractivity contribution in [3.8, 4) is 0 Å². The van der Waals surface area contributed by atoms with Crippen molar-refractivity contribution >= 4 is 26.7 Å². The first-order chi connectivity index (χ1) is 8.53. The number of anilines is 1. The van der Waals surface area contributed by atoms with E-state index in [0.29, 0.717) is 0 Å². The second-order valence-corrected chi connectivity index (χ2v) is 7.12. The Labute approximate surface area is 105 Å². The molecule has 0 aliphatic rings. The Balaban J connectivity index is 3.23. The molecule has 0 aromatic carbocycles. The van der Waals surface area contributed by atoms with Crippen molar-refractivity contribution in [2.24, 2.45) is 0 Å². The van der Waals surface area contributed by atoms with E-state index in [0.717, 1.165) is 12.3 Å². The maximum atomic E-state index is 11.0. The SMILES string of the molecule is O=[N+]([O-])c1cccnc1NC(P(=O)(O)O)P(=O)(O)O. The Morgan fingerprint density at radius 1 is 1.26 bits per heavy atom. The summed E-state index contributed by atoms with van der Waals surface area (Å²) in [6, 6.07) is 2.15. The van der Waals surface area contributed by atoms with E-state index in [4.69, 9.17) is 19.6 Å². The van der Waals surface area contributed by atoms with Gasteiger partial charge in [-0.2, -0.15) is 0 Å². The molecule has 0 fully saturated rings. The summed E-state index contributed by atoms with van der Waals surface area (Å²) in [6.45, 7) is 0. The number of nitrogens with one attached hydrogen (secondary N) is 1. The first kappa shape index (κ1) is 15.7. The highest BCUT2D eigenvalue weighted by Gasteiger charge is 2.44. The average Bonchev–Trinajstić information content (AvgIpc) is 2.23. The highest BCUT2D eigenvalue weighted by atomic mass is 31.2. The van der Waals surface area contributed by atoms with Gasteiger partial charge in [0.1, 0.15) is 0 Å². The lowest BCUT2D eigenvalue weighted by molar-refractivity contribution is -0.384. The molecular formula is C6H9N3O8P2. The number of nitro groups is 1. The van der Waals surface area contributed by atoms with Crippen LogP contribution in [0.2, 0.25) is 0 Å². The smallest absolute Gasteiger partial charge is 0.341 e. The van der Waals surface area contributed by atoms with Gasteiger partial charge in [-0.1, -0.05) is 0 Å². The monoisotopic (exact) mass is 313 g/mol. The second-order valence-electron chi connectivity index (χ2n) is 3.32. The van der Waals surface area contributed by atoms with Gasteiger partial charge in [0.2, 0.25) is 11.3 Å². The van der Waals surface area contributed by atoms with E-state index in [2.05, 4.69) is 4.98 Å². The molecule has 19 heavy (non-hydrogen) atoms. The summed E-state index contributed by atoms with van der Waals surface area (Å²) in [5, 5.41) is 12.4. The molecule has 1 aromatic rings. The standard InChI is InChI=1S/C6H9N3O8P2/c10-9(11)4-2-1-3-7-5(4)8-6(18(12,13)14)19(15,16)17/h1-3,6H,(H,7,8)(H2,12,13,14)(H2,15,16,17). The average molecular weight is 313 g/mol. The normalized spacial score (nSPS) is 12.5. The molecule has 0 unspecified atom stereocenters. The van der Waals surface area contributed by atoms with Crippen LogP contribution in [0, 0.1) is 10.1 Å². The summed E-state index contributed by atoms with van der Waals surface area (Å²) >= 11 is 0. The zero-order valence-electron chi connectivity index (χ0n) is 9.02. The third-order valence-corrected chi connectivity index (χ3v) is 5.22. The fourth-order valence-corrected chi connectivity index (χ4v) is 3.29. The molecule has 11 nitrogen and oxygen atoms in total. The van der Waals surface area contributed by atoms with Crippen molar-refractivity contribution in [1.29, 1.82) is 0 Å². The van der Waals surface area contributed by atoms with Gasteiger partial charge < -0.3 is 24.9 Å². The van der Waals surface area contributed by atoms with Crippen molar-refractivity contribution in [2.45, 2.75) is 5.52 Å². The van der Waals surface area contributed by atoms with Crippen LogP contribution < -0.4 is 5.32 Å². The van der Waals surface area contributed by atoms with E-state index in [1.54, 1.807) is 5.32 Å². The fraction of sp³-hybridized carbons (Fsp3) is 0.167. The van der Waals surface area contributed by atoms with E-state index in [9.17, 15) is 19.2 Å². The molecule has 0 aliphatic carbocycles. The van der Waals surface area contributed by atoms with E-state index < -0.39 is 37.1 Å². The summed E-state index contributed by atoms with van der Waals surface area (Å²) in [5.74, 6) is -0.649. The Kier molecular flexibility index (Phi) is 4.41. The molecule has 1 heterocycles. The van der Waals surface area contributed by atoms with Crippen LogP contribution in [0.5, 0.6) is 0 Å². The lowest BCUT2D eigenvalue weighted by atomic mass is 10.4. The molecule has 13 heteroatoms. The minimum absolute atomic E-state index is 0.649. The van der Waals surface area contributed by atoms with Gasteiger partial charge in [-0.3, -0.25) is 19.2 Å². The van der Waals surface area contributed by atoms with Gasteiger partial charge in [0.05, 0.1) is 4.92 Å². The Bertz CT molecular complexity index is 558. The molecule has 0 amide bonds. The van der Waals surface area contributed by atoms with Gasteiger partial charge in [0, 0.05) is 12.3 Å². The van der Waals surface area contributed by atoms with Gasteiger partial charge in [0.25, 0.3) is 0 Å². The largest absolute Gasteiger partial charge is 0.360 e. The number of rotatable bonds is 5. The minimum Gasteiger partial charge on any atom is -0.341 e. The van der Waals surface area contributed by atoms with E-state index in [1.165, 1.54) is 6.07 Å². The Morgan fingerprint density at radius 2 is 1.79 bits per heavy atom. The van der Waals surface area contributed by atoms with Gasteiger partial charge in [-0.05, 0) is 6.07 Å². The number of nitrogens with zero attached hydrogens (tertiary/aromatic N) is 2. The van der Waals surface area contributed by atoms with Gasteiger partial charge in [0.15, 0.2) is 0 Å². The van der Waals surface area contributed by atoms with Gasteiger partial charge in [-0.15, -0.1) is 0 Å². The molecule has 1 aromatic heterocycles. The summed E-state index contributed by atoms with van der Waals surface area (Å²) in [7, 11) is -10.5. The van der Waals surface area contributed by atoms with Crippen molar-refractivity contribution in [2.75, 3.05) is 5.32 Å². The van der Waals surface area contributed by atoms with Crippen LogP contribution >= 0.6 is 15.2 Å². The molecule has 0 aliphatic heterocycles. The molecule has 0 saturated heterocycles.